The molecule has 0 radical (unpaired) electrons. The van der Waals surface area contributed by atoms with Crippen molar-refractivity contribution in [2.24, 2.45) is 0 Å². The number of hydrogen-bond donors (Lipinski definition) is 1. The molecule has 0 amide bonds. The average Bonchev–Trinajstić information content (AvgIpc) is 2.51. The molecular weight excluding hydrogens is 288 g/mol. The van der Waals surface area contributed by atoms with E-state index in [2.05, 4.69) is 13.8 Å². The van der Waals surface area contributed by atoms with Crippen molar-refractivity contribution in [1.29, 1.82) is 0 Å². The number of carboxylic acid groups (broad SMARTS) is 1. The van der Waals surface area contributed by atoms with Gasteiger partial charge in [-0.1, -0.05) is 20.8 Å². The zero-order valence-electron chi connectivity index (χ0n) is 14.6. The van der Waals surface area contributed by atoms with Gasteiger partial charge in [0.25, 0.3) is 0 Å². The molecule has 1 atom stereocenters. The topological polar surface area (TPSA) is 74.2 Å². The molecule has 0 aliphatic rings. The summed E-state index contributed by atoms with van der Waals surface area (Å²) in [5.41, 5.74) is 0. The van der Waals surface area contributed by atoms with Gasteiger partial charge in [0.1, 0.15) is 0 Å². The fourth-order valence-electron chi connectivity index (χ4n) is 1.22. The monoisotopic (exact) mass is 322 g/mol. The first-order valence-electron chi connectivity index (χ1n) is 8.14. The molecule has 1 N–H and O–H groups in total. The quantitative estimate of drug-likeness (QED) is 0.496. The molecule has 0 saturated heterocycles. The molecule has 0 spiro atoms. The third kappa shape index (κ3) is 24.3. The summed E-state index contributed by atoms with van der Waals surface area (Å²) < 4.78 is 21.6. The van der Waals surface area contributed by atoms with E-state index >= 15 is 0 Å². The van der Waals surface area contributed by atoms with Gasteiger partial charge in [-0.25, -0.2) is 0 Å². The lowest BCUT2D eigenvalue weighted by Gasteiger charge is -2.13. The first kappa shape index (κ1) is 23.6. The minimum absolute atomic E-state index is 0.117. The predicted octanol–water partition coefficient (Wildman–Crippen LogP) is 2.74. The number of hydrogen-bond acceptors (Lipinski definition) is 5. The zero-order valence-corrected chi connectivity index (χ0v) is 14.6. The Hall–Kier alpha value is -0.690. The molecule has 1 unspecified atom stereocenters. The highest BCUT2D eigenvalue weighted by atomic mass is 16.6. The van der Waals surface area contributed by atoms with Crippen LogP contribution in [0.2, 0.25) is 0 Å². The maximum atomic E-state index is 9.37. The van der Waals surface area contributed by atoms with Crippen LogP contribution in [0, 0.1) is 0 Å². The highest BCUT2D eigenvalue weighted by Crippen LogP contribution is 1.93. The minimum atomic E-state index is -0.745. The van der Waals surface area contributed by atoms with Crippen molar-refractivity contribution >= 4 is 5.97 Å². The van der Waals surface area contributed by atoms with Gasteiger partial charge >= 0.3 is 5.97 Å². The summed E-state index contributed by atoms with van der Waals surface area (Å²) in [6.07, 6.45) is 2.44. The van der Waals surface area contributed by atoms with Crippen molar-refractivity contribution in [1.82, 2.24) is 0 Å². The van der Waals surface area contributed by atoms with Crippen molar-refractivity contribution in [2.75, 3.05) is 46.2 Å². The molecule has 22 heavy (non-hydrogen) atoms. The van der Waals surface area contributed by atoms with E-state index in [0.29, 0.717) is 33.0 Å². The van der Waals surface area contributed by atoms with Crippen LogP contribution >= 0.6 is 0 Å². The Morgan fingerprint density at radius 1 is 0.864 bits per heavy atom. The van der Waals surface area contributed by atoms with Crippen LogP contribution in [-0.4, -0.2) is 63.4 Å². The van der Waals surface area contributed by atoms with Crippen molar-refractivity contribution < 1.29 is 28.8 Å². The van der Waals surface area contributed by atoms with Crippen LogP contribution in [0.3, 0.4) is 0 Å². The van der Waals surface area contributed by atoms with Crippen molar-refractivity contribution in [3.8, 4) is 0 Å². The lowest BCUT2D eigenvalue weighted by atomic mass is 10.4. The Labute approximate surface area is 135 Å². The van der Waals surface area contributed by atoms with E-state index in [4.69, 9.17) is 24.1 Å². The fraction of sp³-hybridized carbons (Fsp3) is 0.938. The summed E-state index contributed by atoms with van der Waals surface area (Å²) in [5.74, 6) is -0.745. The first-order valence-corrected chi connectivity index (χ1v) is 8.14. The molecule has 0 aromatic rings. The lowest BCUT2D eigenvalue weighted by molar-refractivity contribution is -0.136. The van der Waals surface area contributed by atoms with Gasteiger partial charge in [0.05, 0.1) is 39.1 Å². The molecule has 6 nitrogen and oxygen atoms in total. The van der Waals surface area contributed by atoms with Gasteiger partial charge in [-0.3, -0.25) is 4.79 Å². The van der Waals surface area contributed by atoms with Crippen LogP contribution < -0.4 is 0 Å². The summed E-state index contributed by atoms with van der Waals surface area (Å²) >= 11 is 0. The Morgan fingerprint density at radius 2 is 1.32 bits per heavy atom. The second-order valence-corrected chi connectivity index (χ2v) is 4.73. The predicted molar refractivity (Wildman–Crippen MR) is 86.4 cm³/mol. The highest BCUT2D eigenvalue weighted by molar-refractivity contribution is 5.66. The largest absolute Gasteiger partial charge is 0.481 e. The van der Waals surface area contributed by atoms with Crippen LogP contribution in [0.25, 0.3) is 0 Å². The van der Waals surface area contributed by atoms with Crippen LogP contribution in [0.1, 0.15) is 47.0 Å². The van der Waals surface area contributed by atoms with Gasteiger partial charge in [0, 0.05) is 19.6 Å². The Kier molecular flexibility index (Phi) is 21.8. The fourth-order valence-corrected chi connectivity index (χ4v) is 1.22. The van der Waals surface area contributed by atoms with Crippen LogP contribution in [0.5, 0.6) is 0 Å². The van der Waals surface area contributed by atoms with Crippen LogP contribution in [-0.2, 0) is 23.7 Å². The maximum absolute atomic E-state index is 9.37. The van der Waals surface area contributed by atoms with Crippen molar-refractivity contribution in [3.05, 3.63) is 0 Å². The van der Waals surface area contributed by atoms with Gasteiger partial charge < -0.3 is 24.1 Å². The second-order valence-electron chi connectivity index (χ2n) is 4.73. The molecule has 0 saturated carbocycles. The second kappa shape index (κ2) is 20.3. The molecule has 0 aliphatic heterocycles. The van der Waals surface area contributed by atoms with E-state index in [9.17, 15) is 4.79 Å². The Balaban J connectivity index is 0. The molecule has 0 aliphatic carbocycles. The van der Waals surface area contributed by atoms with E-state index in [1.165, 1.54) is 0 Å². The Morgan fingerprint density at radius 3 is 1.77 bits per heavy atom. The van der Waals surface area contributed by atoms with Gasteiger partial charge in [-0.2, -0.15) is 0 Å². The van der Waals surface area contributed by atoms with E-state index in [1.807, 2.05) is 6.92 Å². The van der Waals surface area contributed by atoms with Crippen molar-refractivity contribution in [2.45, 2.75) is 53.1 Å². The molecule has 134 valence electrons. The van der Waals surface area contributed by atoms with Crippen LogP contribution in [0.15, 0.2) is 0 Å². The number of carboxylic acids is 1. The number of carbonyl (C=O) groups is 1. The standard InChI is InChI=1S/C13H28O4.C3H6O2/c1-4-6-14-8-9-16-12-13(3)17-11-10-15-7-5-2;1-2-3(4)5/h13H,4-12H2,1-3H3;2H2,1H3,(H,4,5). The van der Waals surface area contributed by atoms with Crippen molar-refractivity contribution in [3.63, 3.8) is 0 Å². The summed E-state index contributed by atoms with van der Waals surface area (Å²) in [4.78, 5) is 9.37. The van der Waals surface area contributed by atoms with E-state index in [-0.39, 0.29) is 12.5 Å². The zero-order chi connectivity index (χ0) is 17.1. The van der Waals surface area contributed by atoms with Gasteiger partial charge in [-0.05, 0) is 19.8 Å². The molecule has 0 heterocycles. The SMILES string of the molecule is CCC(=O)O.CCCOCCOCC(C)OCCOCCC. The van der Waals surface area contributed by atoms with Gasteiger partial charge in [-0.15, -0.1) is 0 Å². The summed E-state index contributed by atoms with van der Waals surface area (Å²) in [6.45, 7) is 12.6. The third-order valence-electron chi connectivity index (χ3n) is 2.35. The normalized spacial score (nSPS) is 11.6. The third-order valence-corrected chi connectivity index (χ3v) is 2.35. The summed E-state index contributed by atoms with van der Waals surface area (Å²) in [7, 11) is 0. The smallest absolute Gasteiger partial charge is 0.303 e. The van der Waals surface area contributed by atoms with E-state index in [0.717, 1.165) is 26.1 Å². The van der Waals surface area contributed by atoms with Gasteiger partial charge in [0.15, 0.2) is 0 Å². The first-order chi connectivity index (χ1) is 10.6. The molecule has 0 bridgehead atoms. The van der Waals surface area contributed by atoms with E-state index < -0.39 is 5.97 Å². The summed E-state index contributed by atoms with van der Waals surface area (Å²) in [6, 6.07) is 0. The van der Waals surface area contributed by atoms with Crippen LogP contribution in [0.4, 0.5) is 0 Å². The molecule has 0 fully saturated rings. The molecular formula is C16H34O6. The summed E-state index contributed by atoms with van der Waals surface area (Å²) in [5, 5.41) is 7.72. The Bertz CT molecular complexity index is 223. The average molecular weight is 322 g/mol. The molecule has 0 aromatic heterocycles. The lowest BCUT2D eigenvalue weighted by Crippen LogP contribution is -2.20. The highest BCUT2D eigenvalue weighted by Gasteiger charge is 2.01. The van der Waals surface area contributed by atoms with Gasteiger partial charge in [0.2, 0.25) is 0 Å². The number of rotatable bonds is 14. The number of ether oxygens (including phenoxy) is 4. The number of aliphatic carboxylic acids is 1. The van der Waals surface area contributed by atoms with E-state index in [1.54, 1.807) is 6.92 Å². The molecule has 0 rings (SSSR count). The minimum Gasteiger partial charge on any atom is -0.481 e. The molecule has 0 aromatic carbocycles. The maximum Gasteiger partial charge on any atom is 0.303 e. The molecule has 6 heteroatoms.